The molecule has 1 N–H and O–H groups in total. The van der Waals surface area contributed by atoms with E-state index in [0.717, 1.165) is 11.3 Å². The summed E-state index contributed by atoms with van der Waals surface area (Å²) in [6, 6.07) is 5.97. The van der Waals surface area contributed by atoms with Crippen molar-refractivity contribution in [3.63, 3.8) is 0 Å². The highest BCUT2D eigenvalue weighted by Gasteiger charge is 2.08. The van der Waals surface area contributed by atoms with Crippen molar-refractivity contribution in [1.82, 2.24) is 0 Å². The van der Waals surface area contributed by atoms with E-state index in [1.54, 1.807) is 11.4 Å². The van der Waals surface area contributed by atoms with Gasteiger partial charge in [-0.15, -0.1) is 11.3 Å². The molecule has 1 aromatic carbocycles. The molecule has 0 amide bonds. The number of ether oxygens (including phenoxy) is 2. The van der Waals surface area contributed by atoms with Crippen LogP contribution in [0.25, 0.3) is 0 Å². The minimum Gasteiger partial charge on any atom is -0.494 e. The maximum Gasteiger partial charge on any atom is 0.346 e. The Labute approximate surface area is 113 Å². The number of thiophene rings is 1. The van der Waals surface area contributed by atoms with Gasteiger partial charge >= 0.3 is 5.97 Å². The van der Waals surface area contributed by atoms with Gasteiger partial charge in [0.15, 0.2) is 11.6 Å². The first kappa shape index (κ1) is 13.4. The molecule has 0 atom stereocenters. The lowest BCUT2D eigenvalue weighted by atomic mass is 10.2. The Morgan fingerprint density at radius 3 is 2.79 bits per heavy atom. The van der Waals surface area contributed by atoms with Crippen LogP contribution in [0.3, 0.4) is 0 Å². The molecule has 6 heteroatoms. The van der Waals surface area contributed by atoms with E-state index in [9.17, 15) is 9.18 Å². The zero-order chi connectivity index (χ0) is 13.8. The lowest BCUT2D eigenvalue weighted by molar-refractivity contribution is 0.0702. The number of carboxylic acids is 1. The van der Waals surface area contributed by atoms with Crippen molar-refractivity contribution in [1.29, 1.82) is 0 Å². The SMILES string of the molecule is COc1ccc(COc2csc(C(=O)O)c2)cc1F. The number of benzene rings is 1. The average molecular weight is 282 g/mol. The average Bonchev–Trinajstić information content (AvgIpc) is 2.85. The fraction of sp³-hybridized carbons (Fsp3) is 0.154. The molecule has 2 rings (SSSR count). The van der Waals surface area contributed by atoms with Gasteiger partial charge in [0.25, 0.3) is 0 Å². The molecular weight excluding hydrogens is 271 g/mol. The molecule has 0 fully saturated rings. The highest BCUT2D eigenvalue weighted by Crippen LogP contribution is 2.23. The number of hydrogen-bond donors (Lipinski definition) is 1. The Hall–Kier alpha value is -2.08. The van der Waals surface area contributed by atoms with E-state index in [2.05, 4.69) is 0 Å². The second-order valence-corrected chi connectivity index (χ2v) is 4.62. The number of hydrogen-bond acceptors (Lipinski definition) is 4. The number of carboxylic acid groups (broad SMARTS) is 1. The maximum absolute atomic E-state index is 13.4. The van der Waals surface area contributed by atoms with E-state index >= 15 is 0 Å². The zero-order valence-corrected chi connectivity index (χ0v) is 10.9. The number of halogens is 1. The smallest absolute Gasteiger partial charge is 0.346 e. The maximum atomic E-state index is 13.4. The molecule has 0 aliphatic heterocycles. The molecule has 1 aromatic heterocycles. The third-order valence-corrected chi connectivity index (χ3v) is 3.30. The van der Waals surface area contributed by atoms with Gasteiger partial charge in [0, 0.05) is 11.4 Å². The summed E-state index contributed by atoms with van der Waals surface area (Å²) in [7, 11) is 1.40. The summed E-state index contributed by atoms with van der Waals surface area (Å²) < 4.78 is 23.6. The van der Waals surface area contributed by atoms with Crippen LogP contribution in [0.1, 0.15) is 15.2 Å². The number of aromatic carboxylic acids is 1. The molecule has 0 saturated carbocycles. The summed E-state index contributed by atoms with van der Waals surface area (Å²) in [4.78, 5) is 10.9. The van der Waals surface area contributed by atoms with Crippen LogP contribution in [0, 0.1) is 5.82 Å². The number of rotatable bonds is 5. The summed E-state index contributed by atoms with van der Waals surface area (Å²) >= 11 is 1.08. The second-order valence-electron chi connectivity index (χ2n) is 3.71. The predicted molar refractivity (Wildman–Crippen MR) is 68.6 cm³/mol. The highest BCUT2D eigenvalue weighted by molar-refractivity contribution is 7.12. The number of carbonyl (C=O) groups is 1. The van der Waals surface area contributed by atoms with Gasteiger partial charge in [-0.25, -0.2) is 9.18 Å². The van der Waals surface area contributed by atoms with Gasteiger partial charge in [-0.05, 0) is 17.7 Å². The van der Waals surface area contributed by atoms with Gasteiger partial charge in [-0.3, -0.25) is 0 Å². The lowest BCUT2D eigenvalue weighted by Gasteiger charge is -2.06. The summed E-state index contributed by atoms with van der Waals surface area (Å²) in [5, 5.41) is 10.4. The Morgan fingerprint density at radius 2 is 2.21 bits per heavy atom. The molecule has 2 aromatic rings. The third kappa shape index (κ3) is 3.23. The van der Waals surface area contributed by atoms with Crippen molar-refractivity contribution in [2.24, 2.45) is 0 Å². The molecular formula is C13H11FO4S. The van der Waals surface area contributed by atoms with E-state index in [0.29, 0.717) is 11.3 Å². The van der Waals surface area contributed by atoms with Crippen LogP contribution in [-0.2, 0) is 6.61 Å². The van der Waals surface area contributed by atoms with Crippen LogP contribution in [-0.4, -0.2) is 18.2 Å². The fourth-order valence-electron chi connectivity index (χ4n) is 1.47. The van der Waals surface area contributed by atoms with E-state index in [1.807, 2.05) is 0 Å². The standard InChI is InChI=1S/C13H11FO4S/c1-17-11-3-2-8(4-10(11)14)6-18-9-5-12(13(15)16)19-7-9/h2-5,7H,6H2,1H3,(H,15,16). The molecule has 0 saturated heterocycles. The lowest BCUT2D eigenvalue weighted by Crippen LogP contribution is -1.97. The molecule has 19 heavy (non-hydrogen) atoms. The zero-order valence-electron chi connectivity index (χ0n) is 10.1. The van der Waals surface area contributed by atoms with Crippen molar-refractivity contribution < 1.29 is 23.8 Å². The Bertz CT molecular complexity index is 594. The molecule has 0 radical (unpaired) electrons. The molecule has 100 valence electrons. The van der Waals surface area contributed by atoms with Crippen LogP contribution < -0.4 is 9.47 Å². The molecule has 0 aliphatic rings. The van der Waals surface area contributed by atoms with Gasteiger partial charge in [0.2, 0.25) is 0 Å². The monoisotopic (exact) mass is 282 g/mol. The van der Waals surface area contributed by atoms with Crippen molar-refractivity contribution in [3.05, 3.63) is 45.9 Å². The van der Waals surface area contributed by atoms with Crippen LogP contribution in [0.2, 0.25) is 0 Å². The topological polar surface area (TPSA) is 55.8 Å². The van der Waals surface area contributed by atoms with Crippen LogP contribution in [0.4, 0.5) is 4.39 Å². The van der Waals surface area contributed by atoms with E-state index in [4.69, 9.17) is 14.6 Å². The largest absolute Gasteiger partial charge is 0.494 e. The minimum atomic E-state index is -0.990. The molecule has 0 spiro atoms. The Morgan fingerprint density at radius 1 is 1.42 bits per heavy atom. The van der Waals surface area contributed by atoms with Crippen LogP contribution in [0.15, 0.2) is 29.6 Å². The van der Waals surface area contributed by atoms with E-state index in [1.165, 1.54) is 25.3 Å². The second kappa shape index (κ2) is 5.71. The summed E-state index contributed by atoms with van der Waals surface area (Å²) in [5.41, 5.74) is 0.640. The van der Waals surface area contributed by atoms with Crippen molar-refractivity contribution in [2.45, 2.75) is 6.61 Å². The number of methoxy groups -OCH3 is 1. The predicted octanol–water partition coefficient (Wildman–Crippen LogP) is 3.17. The van der Waals surface area contributed by atoms with Crippen LogP contribution in [0.5, 0.6) is 11.5 Å². The van der Waals surface area contributed by atoms with Crippen LogP contribution >= 0.6 is 11.3 Å². The Balaban J connectivity index is 2.01. The first-order valence-electron chi connectivity index (χ1n) is 5.37. The normalized spacial score (nSPS) is 10.2. The molecule has 0 aliphatic carbocycles. The summed E-state index contributed by atoms with van der Waals surface area (Å²) in [6.07, 6.45) is 0. The Kier molecular flexibility index (Phi) is 4.01. The van der Waals surface area contributed by atoms with E-state index in [-0.39, 0.29) is 17.2 Å². The highest BCUT2D eigenvalue weighted by atomic mass is 32.1. The molecule has 1 heterocycles. The first-order valence-corrected chi connectivity index (χ1v) is 6.25. The molecule has 0 unspecified atom stereocenters. The minimum absolute atomic E-state index is 0.163. The van der Waals surface area contributed by atoms with Crippen molar-refractivity contribution in [2.75, 3.05) is 7.11 Å². The van der Waals surface area contributed by atoms with Gasteiger partial charge < -0.3 is 14.6 Å². The molecule has 0 bridgehead atoms. The van der Waals surface area contributed by atoms with Gasteiger partial charge in [0.1, 0.15) is 17.2 Å². The first-order chi connectivity index (χ1) is 9.10. The van der Waals surface area contributed by atoms with Gasteiger partial charge in [0.05, 0.1) is 7.11 Å². The quantitative estimate of drug-likeness (QED) is 0.915. The fourth-order valence-corrected chi connectivity index (χ4v) is 2.14. The summed E-state index contributed by atoms with van der Waals surface area (Å²) in [5.74, 6) is -0.818. The summed E-state index contributed by atoms with van der Waals surface area (Å²) in [6.45, 7) is 0.163. The van der Waals surface area contributed by atoms with E-state index < -0.39 is 11.8 Å². The van der Waals surface area contributed by atoms with Crippen molar-refractivity contribution in [3.8, 4) is 11.5 Å². The third-order valence-electron chi connectivity index (χ3n) is 2.41. The molecule has 4 nitrogen and oxygen atoms in total. The van der Waals surface area contributed by atoms with Crippen molar-refractivity contribution >= 4 is 17.3 Å². The van der Waals surface area contributed by atoms with Gasteiger partial charge in [-0.2, -0.15) is 0 Å². The van der Waals surface area contributed by atoms with Gasteiger partial charge in [-0.1, -0.05) is 6.07 Å².